The molecule has 1 unspecified atom stereocenters. The van der Waals surface area contributed by atoms with Crippen molar-refractivity contribution in [1.29, 1.82) is 4.78 Å². The fraction of sp³-hybridized carbons (Fsp3) is 0.368. The molecule has 0 aromatic heterocycles. The Bertz CT molecular complexity index is 940. The Balaban J connectivity index is 1.78. The quantitative estimate of drug-likeness (QED) is 0.643. The maximum absolute atomic E-state index is 13.7. The monoisotopic (exact) mass is 415 g/mol. The van der Waals surface area contributed by atoms with E-state index in [1.807, 2.05) is 35.1 Å². The summed E-state index contributed by atoms with van der Waals surface area (Å²) in [6.45, 7) is 2.27. The lowest BCUT2D eigenvalue weighted by Gasteiger charge is -2.23. The number of aryl methyl sites for hydroxylation is 1. The molecule has 28 heavy (non-hydrogen) atoms. The number of rotatable bonds is 5. The average molecular weight is 415 g/mol. The molecule has 0 saturated carbocycles. The summed E-state index contributed by atoms with van der Waals surface area (Å²) in [6, 6.07) is 11.0. The third kappa shape index (κ3) is 4.71. The van der Waals surface area contributed by atoms with Crippen molar-refractivity contribution >= 4 is 9.92 Å². The molecule has 4 nitrogen and oxygen atoms in total. The molecule has 0 bridgehead atoms. The molecule has 0 radical (unpaired) electrons. The zero-order chi connectivity index (χ0) is 20.5. The van der Waals surface area contributed by atoms with Crippen molar-refractivity contribution < 1.29 is 21.8 Å². The van der Waals surface area contributed by atoms with Crippen molar-refractivity contribution in [1.82, 2.24) is 10.0 Å². The molecule has 9 heteroatoms. The van der Waals surface area contributed by atoms with Crippen LogP contribution in [0, 0.1) is 17.5 Å². The second kappa shape index (κ2) is 7.81. The first-order valence-electron chi connectivity index (χ1n) is 8.77. The Morgan fingerprint density at radius 2 is 1.96 bits per heavy atom. The number of halogens is 4. The first-order valence-corrected chi connectivity index (χ1v) is 10.3. The predicted molar refractivity (Wildman–Crippen MR) is 101 cm³/mol. The molecule has 1 aliphatic rings. The van der Waals surface area contributed by atoms with Crippen molar-refractivity contribution in [3.63, 3.8) is 0 Å². The second-order valence-electron chi connectivity index (χ2n) is 7.00. The van der Waals surface area contributed by atoms with Crippen LogP contribution in [0.3, 0.4) is 0 Å². The van der Waals surface area contributed by atoms with Crippen LogP contribution in [0.2, 0.25) is 0 Å². The average Bonchev–Trinajstić information content (AvgIpc) is 2.99. The molecule has 1 fully saturated rings. The summed E-state index contributed by atoms with van der Waals surface area (Å²) in [5, 5.41) is 3.11. The molecule has 0 aliphatic carbocycles. The summed E-state index contributed by atoms with van der Waals surface area (Å²) in [5.41, 5.74) is -1.94. The van der Waals surface area contributed by atoms with E-state index < -0.39 is 27.5 Å². The normalized spacial score (nSPS) is 22.2. The maximum Gasteiger partial charge on any atom is 0.492 e. The van der Waals surface area contributed by atoms with E-state index in [1.165, 1.54) is 12.1 Å². The zero-order valence-electron chi connectivity index (χ0n) is 15.1. The van der Waals surface area contributed by atoms with E-state index in [1.54, 1.807) is 6.92 Å². The molecule has 1 saturated heterocycles. The topological polar surface area (TPSA) is 65.0 Å². The predicted octanol–water partition coefficient (Wildman–Crippen LogP) is 4.15. The highest BCUT2D eigenvalue weighted by Crippen LogP contribution is 2.26. The van der Waals surface area contributed by atoms with Crippen LogP contribution in [-0.4, -0.2) is 28.3 Å². The minimum absolute atomic E-state index is 0.334. The van der Waals surface area contributed by atoms with Crippen LogP contribution in [0.25, 0.3) is 11.1 Å². The van der Waals surface area contributed by atoms with E-state index in [4.69, 9.17) is 4.78 Å². The van der Waals surface area contributed by atoms with Crippen LogP contribution in [0.4, 0.5) is 17.6 Å². The molecule has 2 aromatic rings. The molecule has 0 spiro atoms. The largest absolute Gasteiger partial charge is 0.492 e. The van der Waals surface area contributed by atoms with E-state index in [9.17, 15) is 21.8 Å². The summed E-state index contributed by atoms with van der Waals surface area (Å²) >= 11 is 0. The van der Waals surface area contributed by atoms with E-state index in [2.05, 4.69) is 5.32 Å². The standard InChI is InChI=1S/C19H21F4N3OS/c1-12-7-15(11-16(20)8-12)14-4-2-3-13(9-14)10-18-17(5-6-25-18)26-28(24,27)19(21,22)23/h2-4,7-9,11,17-18,25H,5-6,10H2,1H3,(H2,24,26,27)/t17-,18-,28?/m0/s1. The molecular formula is C19H21F4N3OS. The van der Waals surface area contributed by atoms with Crippen molar-refractivity contribution in [3.05, 3.63) is 59.4 Å². The number of nitrogens with one attached hydrogen (secondary N) is 3. The van der Waals surface area contributed by atoms with Crippen LogP contribution >= 0.6 is 0 Å². The maximum atomic E-state index is 13.7. The molecular weight excluding hydrogens is 394 g/mol. The summed E-state index contributed by atoms with van der Waals surface area (Å²) in [6.07, 6.45) is 0.743. The van der Waals surface area contributed by atoms with Gasteiger partial charge in [0.1, 0.15) is 5.82 Å². The van der Waals surface area contributed by atoms with Gasteiger partial charge in [0.25, 0.3) is 0 Å². The summed E-state index contributed by atoms with van der Waals surface area (Å²) in [4.78, 5) is 0. The van der Waals surface area contributed by atoms with Gasteiger partial charge in [0.2, 0.25) is 9.92 Å². The minimum atomic E-state index is -5.12. The van der Waals surface area contributed by atoms with Gasteiger partial charge in [-0.15, -0.1) is 0 Å². The SMILES string of the molecule is Cc1cc(F)cc(-c2cccc(C[C@@H]3NCC[C@@H]3NS(=N)(=O)C(F)(F)F)c2)c1. The molecule has 3 rings (SSSR count). The van der Waals surface area contributed by atoms with Crippen molar-refractivity contribution in [3.8, 4) is 11.1 Å². The van der Waals surface area contributed by atoms with Crippen molar-refractivity contribution in [2.24, 2.45) is 0 Å². The number of benzene rings is 2. The lowest BCUT2D eigenvalue weighted by atomic mass is 9.97. The van der Waals surface area contributed by atoms with Gasteiger partial charge in [0, 0.05) is 12.1 Å². The highest BCUT2D eigenvalue weighted by Gasteiger charge is 2.44. The van der Waals surface area contributed by atoms with Gasteiger partial charge in [-0.05, 0) is 60.7 Å². The van der Waals surface area contributed by atoms with E-state index in [-0.39, 0.29) is 5.82 Å². The smallest absolute Gasteiger partial charge is 0.312 e. The Morgan fingerprint density at radius 3 is 2.64 bits per heavy atom. The fourth-order valence-corrected chi connectivity index (χ4v) is 4.28. The summed E-state index contributed by atoms with van der Waals surface area (Å²) in [5.74, 6) is -0.334. The number of alkyl halides is 3. The van der Waals surface area contributed by atoms with E-state index in [0.29, 0.717) is 19.4 Å². The first-order chi connectivity index (χ1) is 13.0. The molecule has 3 atom stereocenters. The second-order valence-corrected chi connectivity index (χ2v) is 8.81. The molecule has 2 aromatic carbocycles. The summed E-state index contributed by atoms with van der Waals surface area (Å²) in [7, 11) is -4.90. The van der Waals surface area contributed by atoms with Crippen molar-refractivity contribution in [2.45, 2.75) is 37.4 Å². The van der Waals surface area contributed by atoms with Gasteiger partial charge in [-0.1, -0.05) is 30.3 Å². The van der Waals surface area contributed by atoms with Crippen LogP contribution in [-0.2, 0) is 16.3 Å². The Labute approximate surface area is 161 Å². The third-order valence-electron chi connectivity index (χ3n) is 4.75. The lowest BCUT2D eigenvalue weighted by Crippen LogP contribution is -2.48. The van der Waals surface area contributed by atoms with Gasteiger partial charge in [0.05, 0.1) is 0 Å². The van der Waals surface area contributed by atoms with Gasteiger partial charge < -0.3 is 5.32 Å². The lowest BCUT2D eigenvalue weighted by molar-refractivity contribution is -0.0420. The van der Waals surface area contributed by atoms with E-state index in [0.717, 1.165) is 22.3 Å². The Morgan fingerprint density at radius 1 is 1.21 bits per heavy atom. The van der Waals surface area contributed by atoms with Gasteiger partial charge >= 0.3 is 5.51 Å². The van der Waals surface area contributed by atoms with Crippen LogP contribution in [0.15, 0.2) is 42.5 Å². The third-order valence-corrected chi connectivity index (χ3v) is 6.04. The highest BCUT2D eigenvalue weighted by molar-refractivity contribution is 7.91. The van der Waals surface area contributed by atoms with Gasteiger partial charge in [-0.3, -0.25) is 0 Å². The number of hydrogen-bond acceptors (Lipinski definition) is 3. The van der Waals surface area contributed by atoms with Gasteiger partial charge in [-0.2, -0.15) is 13.2 Å². The highest BCUT2D eigenvalue weighted by atomic mass is 32.2. The Kier molecular flexibility index (Phi) is 5.79. The van der Waals surface area contributed by atoms with Gasteiger partial charge in [-0.25, -0.2) is 18.1 Å². The Hall–Kier alpha value is -1.97. The first kappa shape index (κ1) is 20.8. The van der Waals surface area contributed by atoms with E-state index >= 15 is 0 Å². The van der Waals surface area contributed by atoms with Crippen molar-refractivity contribution in [2.75, 3.05) is 6.54 Å². The van der Waals surface area contributed by atoms with Crippen LogP contribution in [0.5, 0.6) is 0 Å². The van der Waals surface area contributed by atoms with Gasteiger partial charge in [0.15, 0.2) is 0 Å². The molecule has 1 heterocycles. The molecule has 1 aliphatic heterocycles. The molecule has 3 N–H and O–H groups in total. The molecule has 152 valence electrons. The fourth-order valence-electron chi connectivity index (χ4n) is 3.44. The van der Waals surface area contributed by atoms with Crippen LogP contribution in [0.1, 0.15) is 17.5 Å². The van der Waals surface area contributed by atoms with Crippen LogP contribution < -0.4 is 10.0 Å². The minimum Gasteiger partial charge on any atom is -0.312 e. The summed E-state index contributed by atoms with van der Waals surface area (Å²) < 4.78 is 72.7. The number of hydrogen-bond donors (Lipinski definition) is 3. The molecule has 0 amide bonds. The zero-order valence-corrected chi connectivity index (χ0v) is 16.0.